The van der Waals surface area contributed by atoms with E-state index in [-0.39, 0.29) is 0 Å². The summed E-state index contributed by atoms with van der Waals surface area (Å²) >= 11 is 1.51. The van der Waals surface area contributed by atoms with Crippen molar-refractivity contribution in [2.24, 2.45) is 11.8 Å². The van der Waals surface area contributed by atoms with Crippen molar-refractivity contribution < 1.29 is 24.2 Å². The van der Waals surface area contributed by atoms with E-state index in [0.29, 0.717) is 11.8 Å². The Balaban J connectivity index is 0.000000446. The summed E-state index contributed by atoms with van der Waals surface area (Å²) in [6.07, 6.45) is 23.3. The second kappa shape index (κ2) is 8.00. The summed E-state index contributed by atoms with van der Waals surface area (Å²) < 4.78 is 2.09. The summed E-state index contributed by atoms with van der Waals surface area (Å²) in [6.45, 7) is 2.04. The van der Waals surface area contributed by atoms with Crippen molar-refractivity contribution in [2.75, 3.05) is 0 Å². The van der Waals surface area contributed by atoms with Crippen molar-refractivity contribution in [1.29, 1.82) is 0 Å². The molecule has 0 aromatic carbocycles. The topological polar surface area (TPSA) is 0 Å². The predicted octanol–water partition coefficient (Wildman–Crippen LogP) is 5.66. The number of rotatable bonds is 2. The minimum absolute atomic E-state index is 0.638. The molecule has 2 unspecified atom stereocenters. The molecule has 22 heavy (non-hydrogen) atoms. The molecule has 0 aliphatic heterocycles. The molecule has 0 amide bonds. The summed E-state index contributed by atoms with van der Waals surface area (Å²) in [7, 11) is 0. The van der Waals surface area contributed by atoms with Gasteiger partial charge in [0, 0.05) is 0 Å². The van der Waals surface area contributed by atoms with Crippen molar-refractivity contribution in [1.82, 2.24) is 0 Å². The van der Waals surface area contributed by atoms with Crippen LogP contribution in [0.25, 0.3) is 0 Å². The molecule has 0 bridgehead atoms. The number of hydrogen-bond donors (Lipinski definition) is 0. The molecule has 4 rings (SSSR count). The van der Waals surface area contributed by atoms with E-state index in [9.17, 15) is 0 Å². The summed E-state index contributed by atoms with van der Waals surface area (Å²) in [5, 5.41) is 0. The second-order valence-corrected chi connectivity index (χ2v) is 8.19. The van der Waals surface area contributed by atoms with Gasteiger partial charge in [-0.05, 0) is 51.4 Å². The Morgan fingerprint density at radius 1 is 0.864 bits per heavy atom. The van der Waals surface area contributed by atoms with E-state index in [1.54, 1.807) is 22.3 Å². The summed E-state index contributed by atoms with van der Waals surface area (Å²) in [4.78, 5) is 0. The molecule has 0 heterocycles. The third-order valence-electron chi connectivity index (χ3n) is 5.34. The van der Waals surface area contributed by atoms with Gasteiger partial charge in [0.25, 0.3) is 0 Å². The van der Waals surface area contributed by atoms with Crippen LogP contribution in [0.5, 0.6) is 0 Å². The van der Waals surface area contributed by atoms with Crippen LogP contribution in [0.15, 0.2) is 46.6 Å². The molecule has 0 radical (unpaired) electrons. The Morgan fingerprint density at radius 3 is 1.73 bits per heavy atom. The molecule has 0 aromatic heterocycles. The molecule has 4 aliphatic rings. The quantitative estimate of drug-likeness (QED) is 0.550. The number of allylic oxidation sites excluding steroid dienone is 8. The summed E-state index contributed by atoms with van der Waals surface area (Å²) in [6, 6.07) is 0. The fourth-order valence-electron chi connectivity index (χ4n) is 4.30. The Morgan fingerprint density at radius 2 is 1.27 bits per heavy atom. The van der Waals surface area contributed by atoms with Gasteiger partial charge >= 0.3 is 34.9 Å². The zero-order chi connectivity index (χ0) is 15.4. The average Bonchev–Trinajstić information content (AvgIpc) is 3.14. The van der Waals surface area contributed by atoms with Crippen LogP contribution in [-0.4, -0.2) is 3.71 Å². The fraction of sp³-hybridized carbons (Fsp3) is 0.524. The number of hydrogen-bond acceptors (Lipinski definition) is 0. The van der Waals surface area contributed by atoms with Crippen LogP contribution < -0.4 is 0 Å². The molecule has 4 aliphatic carbocycles. The standard InChI is InChI=1S/C19H23.C2H4.Zr/c1-3-7-18-14(5-1)9-11-16(18)13-17-12-10-15-6-2-4-8-19(15)17;1-2;/h9-13,16-17H,1-8H2;1H,2H3;/q-1;;. The molecule has 0 fully saturated rings. The van der Waals surface area contributed by atoms with E-state index in [1.807, 2.05) is 6.92 Å². The van der Waals surface area contributed by atoms with Crippen LogP contribution in [0.2, 0.25) is 0 Å². The van der Waals surface area contributed by atoms with Gasteiger partial charge in [-0.15, -0.1) is 24.0 Å². The second-order valence-electron chi connectivity index (χ2n) is 6.77. The first-order chi connectivity index (χ1) is 10.8. The molecule has 0 N–H and O–H groups in total. The molecule has 0 saturated heterocycles. The molecule has 116 valence electrons. The van der Waals surface area contributed by atoms with Crippen LogP contribution in [0.1, 0.15) is 58.3 Å². The van der Waals surface area contributed by atoms with Crippen molar-refractivity contribution >= 4 is 3.71 Å². The maximum absolute atomic E-state index is 2.62. The molecule has 0 aromatic rings. The first kappa shape index (κ1) is 16.6. The first-order valence-electron chi connectivity index (χ1n) is 8.93. The van der Waals surface area contributed by atoms with Gasteiger partial charge in [-0.1, -0.05) is 34.4 Å². The Kier molecular flexibility index (Phi) is 6.03. The molecule has 0 saturated carbocycles. The van der Waals surface area contributed by atoms with Crippen LogP contribution in [0, 0.1) is 18.3 Å². The van der Waals surface area contributed by atoms with Gasteiger partial charge in [-0.3, -0.25) is 0 Å². The molecular weight excluding hydrogens is 343 g/mol. The molecule has 2 atom stereocenters. The predicted molar refractivity (Wildman–Crippen MR) is 92.3 cm³/mol. The Hall–Kier alpha value is -0.287. The molecular formula is C21H27Zr-. The zero-order valence-corrected chi connectivity index (χ0v) is 16.2. The van der Waals surface area contributed by atoms with Gasteiger partial charge < -0.3 is 6.42 Å². The van der Waals surface area contributed by atoms with Gasteiger partial charge in [0.2, 0.25) is 0 Å². The third kappa shape index (κ3) is 3.61. The van der Waals surface area contributed by atoms with Crippen LogP contribution in [0.3, 0.4) is 0 Å². The van der Waals surface area contributed by atoms with Crippen molar-refractivity contribution in [3.63, 3.8) is 0 Å². The zero-order valence-electron chi connectivity index (χ0n) is 13.8. The fourth-order valence-corrected chi connectivity index (χ4v) is 4.30. The molecule has 0 nitrogen and oxygen atoms in total. The van der Waals surface area contributed by atoms with Crippen molar-refractivity contribution in [3.8, 4) is 0 Å². The van der Waals surface area contributed by atoms with Crippen LogP contribution in [0.4, 0.5) is 0 Å². The first-order valence-corrected chi connectivity index (χ1v) is 10.4. The van der Waals surface area contributed by atoms with Gasteiger partial charge in [0.15, 0.2) is 0 Å². The monoisotopic (exact) mass is 369 g/mol. The molecule has 1 heteroatoms. The van der Waals surface area contributed by atoms with Gasteiger partial charge in [-0.25, -0.2) is 0 Å². The Bertz CT molecular complexity index is 498. The van der Waals surface area contributed by atoms with E-state index in [2.05, 4.69) is 34.4 Å². The van der Waals surface area contributed by atoms with Gasteiger partial charge in [-0.2, -0.15) is 0 Å². The van der Waals surface area contributed by atoms with Gasteiger partial charge in [0.05, 0.1) is 0 Å². The summed E-state index contributed by atoms with van der Waals surface area (Å²) in [5.41, 5.74) is 6.80. The third-order valence-corrected chi connectivity index (χ3v) is 5.34. The summed E-state index contributed by atoms with van der Waals surface area (Å²) in [5.74, 6) is 1.28. The van der Waals surface area contributed by atoms with E-state index < -0.39 is 0 Å². The van der Waals surface area contributed by atoms with Gasteiger partial charge in [0.1, 0.15) is 0 Å². The minimum atomic E-state index is 0.638. The van der Waals surface area contributed by atoms with E-state index in [0.717, 1.165) is 0 Å². The van der Waals surface area contributed by atoms with Crippen LogP contribution in [-0.2, 0) is 24.2 Å². The van der Waals surface area contributed by atoms with Crippen molar-refractivity contribution in [2.45, 2.75) is 58.3 Å². The van der Waals surface area contributed by atoms with Crippen molar-refractivity contribution in [3.05, 3.63) is 53.0 Å². The molecule has 0 spiro atoms. The Labute approximate surface area is 150 Å². The average molecular weight is 371 g/mol. The SMILES string of the molecule is C1=CC([CH-]C2C=CC3=C2CCCC3)C2=C1CCCC2.C[CH]=[Zr]. The van der Waals surface area contributed by atoms with E-state index in [1.165, 1.54) is 75.6 Å². The van der Waals surface area contributed by atoms with Crippen LogP contribution >= 0.6 is 0 Å². The maximum atomic E-state index is 2.62. The normalized spacial score (nSPS) is 29.1. The van der Waals surface area contributed by atoms with E-state index in [4.69, 9.17) is 0 Å². The van der Waals surface area contributed by atoms with E-state index >= 15 is 0 Å².